The van der Waals surface area contributed by atoms with Gasteiger partial charge >= 0.3 is 0 Å². The Bertz CT molecular complexity index is 556. The Hall–Kier alpha value is -1.27. The summed E-state index contributed by atoms with van der Waals surface area (Å²) in [6, 6.07) is 5.73. The minimum atomic E-state index is -2.95. The highest BCUT2D eigenvalue weighted by Gasteiger charge is 2.12. The van der Waals surface area contributed by atoms with Crippen LogP contribution in [0, 0.1) is 0 Å². The van der Waals surface area contributed by atoms with Gasteiger partial charge in [0.2, 0.25) is 0 Å². The van der Waals surface area contributed by atoms with Crippen LogP contribution >= 0.6 is 0 Å². The van der Waals surface area contributed by atoms with E-state index in [0.717, 1.165) is 23.5 Å². The molecule has 0 fully saturated rings. The molecule has 1 unspecified atom stereocenters. The standard InChI is InChI=1S/C14H21NO4S/c1-11(10-20(2,16)17)15-9-12-4-5-13-14(8-12)19-7-3-6-18-13/h4-5,8,11,15H,3,6-7,9-10H2,1-2H3. The second kappa shape index (κ2) is 6.45. The van der Waals surface area contributed by atoms with Crippen molar-refractivity contribution in [2.75, 3.05) is 25.2 Å². The quantitative estimate of drug-likeness (QED) is 0.889. The summed E-state index contributed by atoms with van der Waals surface area (Å²) in [5, 5.41) is 3.20. The molecule has 0 radical (unpaired) electrons. The summed E-state index contributed by atoms with van der Waals surface area (Å²) >= 11 is 0. The van der Waals surface area contributed by atoms with Gasteiger partial charge in [-0.25, -0.2) is 8.42 Å². The number of hydrogen-bond acceptors (Lipinski definition) is 5. The molecule has 1 heterocycles. The van der Waals surface area contributed by atoms with Gasteiger partial charge < -0.3 is 14.8 Å². The van der Waals surface area contributed by atoms with Crippen LogP contribution in [0.15, 0.2) is 18.2 Å². The fraction of sp³-hybridized carbons (Fsp3) is 0.571. The van der Waals surface area contributed by atoms with Gasteiger partial charge in [-0.3, -0.25) is 0 Å². The molecule has 0 aromatic heterocycles. The first-order valence-electron chi connectivity index (χ1n) is 6.74. The first-order valence-corrected chi connectivity index (χ1v) is 8.80. The van der Waals surface area contributed by atoms with Crippen LogP contribution in [-0.2, 0) is 16.4 Å². The molecule has 6 heteroatoms. The number of rotatable bonds is 5. The van der Waals surface area contributed by atoms with Crippen LogP contribution in [0.1, 0.15) is 18.9 Å². The van der Waals surface area contributed by atoms with Gasteiger partial charge in [-0.2, -0.15) is 0 Å². The molecule has 0 saturated heterocycles. The van der Waals surface area contributed by atoms with Crippen molar-refractivity contribution in [1.82, 2.24) is 5.32 Å². The summed E-state index contributed by atoms with van der Waals surface area (Å²) in [5.74, 6) is 1.67. The zero-order valence-corrected chi connectivity index (χ0v) is 12.7. The molecule has 1 aliphatic rings. The Morgan fingerprint density at radius 2 is 1.95 bits per heavy atom. The molecular weight excluding hydrogens is 278 g/mol. The maximum atomic E-state index is 11.2. The molecule has 0 aliphatic carbocycles. The predicted molar refractivity (Wildman–Crippen MR) is 78.1 cm³/mol. The van der Waals surface area contributed by atoms with E-state index >= 15 is 0 Å². The third-order valence-electron chi connectivity index (χ3n) is 3.02. The van der Waals surface area contributed by atoms with E-state index in [4.69, 9.17) is 9.47 Å². The highest BCUT2D eigenvalue weighted by atomic mass is 32.2. The number of fused-ring (bicyclic) bond motifs is 1. The third-order valence-corrected chi connectivity index (χ3v) is 4.12. The molecule has 0 saturated carbocycles. The number of benzene rings is 1. The number of nitrogens with one attached hydrogen (secondary N) is 1. The highest BCUT2D eigenvalue weighted by Crippen LogP contribution is 2.30. The van der Waals surface area contributed by atoms with Crippen LogP contribution in [0.5, 0.6) is 11.5 Å². The maximum Gasteiger partial charge on any atom is 0.161 e. The van der Waals surface area contributed by atoms with Gasteiger partial charge in [0, 0.05) is 25.3 Å². The lowest BCUT2D eigenvalue weighted by Crippen LogP contribution is -2.32. The van der Waals surface area contributed by atoms with Crippen molar-refractivity contribution >= 4 is 9.84 Å². The van der Waals surface area contributed by atoms with Crippen LogP contribution in [0.3, 0.4) is 0 Å². The third kappa shape index (κ3) is 4.68. The number of ether oxygens (including phenoxy) is 2. The molecule has 20 heavy (non-hydrogen) atoms. The van der Waals surface area contributed by atoms with Crippen LogP contribution in [0.2, 0.25) is 0 Å². The first kappa shape index (κ1) is 15.1. The Kier molecular flexibility index (Phi) is 4.88. The van der Waals surface area contributed by atoms with Gasteiger partial charge in [-0.05, 0) is 24.6 Å². The monoisotopic (exact) mass is 299 g/mol. The molecule has 0 amide bonds. The number of sulfone groups is 1. The van der Waals surface area contributed by atoms with Crippen LogP contribution in [-0.4, -0.2) is 39.7 Å². The molecule has 2 rings (SSSR count). The zero-order chi connectivity index (χ0) is 14.6. The van der Waals surface area contributed by atoms with E-state index in [1.165, 1.54) is 6.26 Å². The van der Waals surface area contributed by atoms with Gasteiger partial charge in [0.1, 0.15) is 9.84 Å². The molecule has 1 aliphatic heterocycles. The largest absolute Gasteiger partial charge is 0.490 e. The van der Waals surface area contributed by atoms with Crippen molar-refractivity contribution in [3.05, 3.63) is 23.8 Å². The van der Waals surface area contributed by atoms with Crippen molar-refractivity contribution in [2.24, 2.45) is 0 Å². The lowest BCUT2D eigenvalue weighted by atomic mass is 10.2. The molecule has 1 atom stereocenters. The van der Waals surface area contributed by atoms with Crippen molar-refractivity contribution in [2.45, 2.75) is 25.9 Å². The van der Waals surface area contributed by atoms with E-state index in [2.05, 4.69) is 5.32 Å². The van der Waals surface area contributed by atoms with Crippen molar-refractivity contribution in [3.63, 3.8) is 0 Å². The molecule has 1 aromatic rings. The molecule has 0 spiro atoms. The van der Waals surface area contributed by atoms with Gasteiger partial charge in [0.15, 0.2) is 11.5 Å². The van der Waals surface area contributed by atoms with Crippen LogP contribution < -0.4 is 14.8 Å². The van der Waals surface area contributed by atoms with Crippen LogP contribution in [0.25, 0.3) is 0 Å². The average molecular weight is 299 g/mol. The summed E-state index contributed by atoms with van der Waals surface area (Å²) in [7, 11) is -2.95. The van der Waals surface area contributed by atoms with E-state index in [1.54, 1.807) is 0 Å². The molecule has 1 N–H and O–H groups in total. The molecule has 0 bridgehead atoms. The number of hydrogen-bond donors (Lipinski definition) is 1. The minimum absolute atomic E-state index is 0.0824. The van der Waals surface area contributed by atoms with E-state index in [0.29, 0.717) is 19.8 Å². The van der Waals surface area contributed by atoms with Gasteiger partial charge in [0.25, 0.3) is 0 Å². The Labute approximate surface area is 120 Å². The lowest BCUT2D eigenvalue weighted by Gasteiger charge is -2.14. The second-order valence-corrected chi connectivity index (χ2v) is 7.39. The molecule has 1 aromatic carbocycles. The van der Waals surface area contributed by atoms with Crippen molar-refractivity contribution < 1.29 is 17.9 Å². The predicted octanol–water partition coefficient (Wildman–Crippen LogP) is 1.37. The van der Waals surface area contributed by atoms with Crippen molar-refractivity contribution in [1.29, 1.82) is 0 Å². The summed E-state index contributed by atoms with van der Waals surface area (Å²) in [5.41, 5.74) is 1.05. The lowest BCUT2D eigenvalue weighted by molar-refractivity contribution is 0.297. The zero-order valence-electron chi connectivity index (χ0n) is 11.9. The Balaban J connectivity index is 1.95. The normalized spacial score (nSPS) is 16.5. The Morgan fingerprint density at radius 1 is 1.25 bits per heavy atom. The van der Waals surface area contributed by atoms with E-state index in [9.17, 15) is 8.42 Å². The first-order chi connectivity index (χ1) is 9.44. The summed E-state index contributed by atoms with van der Waals surface area (Å²) < 4.78 is 33.6. The molecular formula is C14H21NO4S. The smallest absolute Gasteiger partial charge is 0.161 e. The second-order valence-electron chi connectivity index (χ2n) is 5.21. The van der Waals surface area contributed by atoms with E-state index in [1.807, 2.05) is 25.1 Å². The summed E-state index contributed by atoms with van der Waals surface area (Å²) in [6.45, 7) is 3.81. The highest BCUT2D eigenvalue weighted by molar-refractivity contribution is 7.90. The fourth-order valence-corrected chi connectivity index (χ4v) is 3.15. The molecule has 112 valence electrons. The van der Waals surface area contributed by atoms with E-state index in [-0.39, 0.29) is 11.8 Å². The van der Waals surface area contributed by atoms with E-state index < -0.39 is 9.84 Å². The summed E-state index contributed by atoms with van der Waals surface area (Å²) in [4.78, 5) is 0. The van der Waals surface area contributed by atoms with Gasteiger partial charge in [-0.15, -0.1) is 0 Å². The van der Waals surface area contributed by atoms with Gasteiger partial charge in [0.05, 0.1) is 19.0 Å². The van der Waals surface area contributed by atoms with Crippen LogP contribution in [0.4, 0.5) is 0 Å². The van der Waals surface area contributed by atoms with Crippen molar-refractivity contribution in [3.8, 4) is 11.5 Å². The average Bonchev–Trinajstić information content (AvgIpc) is 2.58. The minimum Gasteiger partial charge on any atom is -0.490 e. The Morgan fingerprint density at radius 3 is 2.65 bits per heavy atom. The fourth-order valence-electron chi connectivity index (χ4n) is 2.12. The van der Waals surface area contributed by atoms with Gasteiger partial charge in [-0.1, -0.05) is 6.07 Å². The summed E-state index contributed by atoms with van der Waals surface area (Å²) in [6.07, 6.45) is 2.13. The topological polar surface area (TPSA) is 64.6 Å². The SMILES string of the molecule is CC(CS(C)(=O)=O)NCc1ccc2c(c1)OCCCO2. The molecule has 5 nitrogen and oxygen atoms in total. The maximum absolute atomic E-state index is 11.2.